The third kappa shape index (κ3) is 5.04. The molecule has 0 radical (unpaired) electrons. The van der Waals surface area contributed by atoms with Gasteiger partial charge in [-0.05, 0) is 42.5 Å². The predicted octanol–water partition coefficient (Wildman–Crippen LogP) is 5.74. The Morgan fingerprint density at radius 3 is 2.42 bits per heavy atom. The van der Waals surface area contributed by atoms with Gasteiger partial charge in [-0.15, -0.1) is 0 Å². The Balaban J connectivity index is 1.57. The fourth-order valence-corrected chi connectivity index (χ4v) is 3.43. The van der Waals surface area contributed by atoms with Gasteiger partial charge < -0.3 is 14.6 Å². The molecule has 1 heterocycles. The van der Waals surface area contributed by atoms with Crippen molar-refractivity contribution in [2.24, 2.45) is 0 Å². The monoisotopic (exact) mass is 476 g/mol. The number of benzene rings is 3. The molecule has 33 heavy (non-hydrogen) atoms. The molecule has 0 saturated carbocycles. The van der Waals surface area contributed by atoms with Gasteiger partial charge in [0, 0.05) is 11.5 Å². The molecule has 0 amide bonds. The summed E-state index contributed by atoms with van der Waals surface area (Å²) in [7, 11) is 0. The summed E-state index contributed by atoms with van der Waals surface area (Å²) in [6.07, 6.45) is -4.42. The van der Waals surface area contributed by atoms with Crippen molar-refractivity contribution in [3.05, 3.63) is 83.0 Å². The molecule has 3 aromatic carbocycles. The number of halogens is 4. The number of aromatic nitrogens is 2. The van der Waals surface area contributed by atoms with Gasteiger partial charge >= 0.3 is 12.1 Å². The Kier molecular flexibility index (Phi) is 6.15. The minimum absolute atomic E-state index is 0.0693. The van der Waals surface area contributed by atoms with E-state index in [4.69, 9.17) is 26.2 Å². The summed E-state index contributed by atoms with van der Waals surface area (Å²) in [5.74, 6) is -0.499. The van der Waals surface area contributed by atoms with E-state index < -0.39 is 24.3 Å². The van der Waals surface area contributed by atoms with E-state index in [9.17, 15) is 18.0 Å². The van der Waals surface area contributed by atoms with Gasteiger partial charge in [0.1, 0.15) is 23.8 Å². The molecule has 4 rings (SSSR count). The molecule has 0 bridgehead atoms. The van der Waals surface area contributed by atoms with E-state index in [-0.39, 0.29) is 17.4 Å². The zero-order valence-corrected chi connectivity index (χ0v) is 17.6. The van der Waals surface area contributed by atoms with Crippen molar-refractivity contribution in [3.8, 4) is 17.2 Å². The molecule has 1 aromatic heterocycles. The maximum atomic E-state index is 12.9. The van der Waals surface area contributed by atoms with Gasteiger partial charge in [-0.25, -0.2) is 9.48 Å². The number of carboxylic acid groups (broad SMARTS) is 1. The molecule has 0 aliphatic rings. The highest BCUT2D eigenvalue weighted by Gasteiger charge is 2.30. The van der Waals surface area contributed by atoms with Crippen LogP contribution in [0.5, 0.6) is 11.5 Å². The molecular formula is C23H16ClF3N2O4. The minimum Gasteiger partial charge on any atom is -0.487 e. The quantitative estimate of drug-likeness (QED) is 0.368. The number of carbonyl (C=O) groups is 1. The highest BCUT2D eigenvalue weighted by atomic mass is 35.5. The average molecular weight is 477 g/mol. The van der Waals surface area contributed by atoms with Crippen LogP contribution in [-0.2, 0) is 17.6 Å². The fourth-order valence-electron chi connectivity index (χ4n) is 3.21. The lowest BCUT2D eigenvalue weighted by molar-refractivity contribution is -0.139. The second-order valence-electron chi connectivity index (χ2n) is 6.98. The summed E-state index contributed by atoms with van der Waals surface area (Å²) < 4.78 is 51.1. The number of carboxylic acids is 1. The topological polar surface area (TPSA) is 73.6 Å². The first kappa shape index (κ1) is 22.5. The molecule has 1 N–H and O–H groups in total. The maximum Gasteiger partial charge on any atom is 0.416 e. The van der Waals surface area contributed by atoms with Crippen molar-refractivity contribution in [2.75, 3.05) is 6.61 Å². The minimum atomic E-state index is -4.42. The first-order chi connectivity index (χ1) is 15.7. The summed E-state index contributed by atoms with van der Waals surface area (Å²) in [5.41, 5.74) is 1.03. The largest absolute Gasteiger partial charge is 0.487 e. The predicted molar refractivity (Wildman–Crippen MR) is 115 cm³/mol. The van der Waals surface area contributed by atoms with Crippen LogP contribution in [0.3, 0.4) is 0 Å². The standard InChI is InChI=1S/C23H16ClF3N2O4/c24-18-11-16(9-10-21(18)33-13-22(30)31)32-12-19-17-3-1-2-4-20(17)29(28-19)15-7-5-14(6-8-15)23(25,26)27/h1-11H,12-13H2,(H,30,31). The summed E-state index contributed by atoms with van der Waals surface area (Å²) in [6.45, 7) is -0.451. The van der Waals surface area contributed by atoms with Crippen LogP contribution in [0.2, 0.25) is 5.02 Å². The lowest BCUT2D eigenvalue weighted by Crippen LogP contribution is -2.09. The Hall–Kier alpha value is -3.72. The van der Waals surface area contributed by atoms with E-state index >= 15 is 0 Å². The van der Waals surface area contributed by atoms with Crippen LogP contribution in [0.25, 0.3) is 16.6 Å². The van der Waals surface area contributed by atoms with E-state index in [1.165, 1.54) is 24.3 Å². The normalized spacial score (nSPS) is 11.5. The Morgan fingerprint density at radius 2 is 1.76 bits per heavy atom. The molecule has 0 aliphatic carbocycles. The van der Waals surface area contributed by atoms with Crippen molar-refractivity contribution < 1.29 is 32.5 Å². The van der Waals surface area contributed by atoms with Gasteiger partial charge in [0.05, 0.1) is 21.8 Å². The zero-order valence-electron chi connectivity index (χ0n) is 16.8. The number of alkyl halides is 3. The number of aliphatic carboxylic acids is 1. The van der Waals surface area contributed by atoms with Crippen LogP contribution in [0, 0.1) is 0 Å². The molecule has 0 unspecified atom stereocenters. The Morgan fingerprint density at radius 1 is 1.03 bits per heavy atom. The van der Waals surface area contributed by atoms with Gasteiger partial charge in [0.15, 0.2) is 6.61 Å². The molecule has 0 saturated heterocycles. The van der Waals surface area contributed by atoms with Gasteiger partial charge in [0.25, 0.3) is 0 Å². The van der Waals surface area contributed by atoms with E-state index in [1.807, 2.05) is 24.3 Å². The number of ether oxygens (including phenoxy) is 2. The third-order valence-corrected chi connectivity index (χ3v) is 5.03. The molecule has 0 spiro atoms. The maximum absolute atomic E-state index is 12.9. The van der Waals surface area contributed by atoms with E-state index in [0.717, 1.165) is 17.5 Å². The smallest absolute Gasteiger partial charge is 0.416 e. The van der Waals surface area contributed by atoms with Gasteiger partial charge in [0.2, 0.25) is 0 Å². The molecule has 4 aromatic rings. The van der Waals surface area contributed by atoms with Crippen LogP contribution >= 0.6 is 11.6 Å². The SMILES string of the molecule is O=C(O)COc1ccc(OCc2nn(-c3ccc(C(F)(F)F)cc3)c3ccccc23)cc1Cl. The van der Waals surface area contributed by atoms with E-state index in [2.05, 4.69) is 5.10 Å². The number of fused-ring (bicyclic) bond motifs is 1. The fraction of sp³-hybridized carbons (Fsp3) is 0.130. The number of rotatable bonds is 7. The number of nitrogens with zero attached hydrogens (tertiary/aromatic N) is 2. The van der Waals surface area contributed by atoms with Crippen molar-refractivity contribution in [1.29, 1.82) is 0 Å². The number of hydrogen-bond donors (Lipinski definition) is 1. The molecule has 10 heteroatoms. The van der Waals surface area contributed by atoms with Gasteiger partial charge in [-0.1, -0.05) is 29.8 Å². The van der Waals surface area contributed by atoms with Crippen LogP contribution in [0.4, 0.5) is 13.2 Å². The molecular weight excluding hydrogens is 461 g/mol. The highest BCUT2D eigenvalue weighted by molar-refractivity contribution is 6.32. The summed E-state index contributed by atoms with van der Waals surface area (Å²) in [5, 5.41) is 14.2. The second-order valence-corrected chi connectivity index (χ2v) is 7.39. The number of para-hydroxylation sites is 1. The molecule has 0 fully saturated rings. The zero-order chi connectivity index (χ0) is 23.6. The lowest BCUT2D eigenvalue weighted by atomic mass is 10.2. The van der Waals surface area contributed by atoms with Crippen molar-refractivity contribution >= 4 is 28.5 Å². The average Bonchev–Trinajstić information content (AvgIpc) is 3.15. The summed E-state index contributed by atoms with van der Waals surface area (Å²) in [4.78, 5) is 10.6. The van der Waals surface area contributed by atoms with E-state index in [1.54, 1.807) is 10.7 Å². The Bertz CT molecular complexity index is 1300. The van der Waals surface area contributed by atoms with Crippen LogP contribution in [0.15, 0.2) is 66.7 Å². The van der Waals surface area contributed by atoms with Crippen molar-refractivity contribution in [2.45, 2.75) is 12.8 Å². The number of hydrogen-bond acceptors (Lipinski definition) is 4. The van der Waals surface area contributed by atoms with Crippen LogP contribution in [-0.4, -0.2) is 27.5 Å². The van der Waals surface area contributed by atoms with Gasteiger partial charge in [-0.2, -0.15) is 18.3 Å². The first-order valence-corrected chi connectivity index (χ1v) is 10.0. The summed E-state index contributed by atoms with van der Waals surface area (Å²) in [6, 6.07) is 16.6. The highest BCUT2D eigenvalue weighted by Crippen LogP contribution is 2.32. The lowest BCUT2D eigenvalue weighted by Gasteiger charge is -2.09. The van der Waals surface area contributed by atoms with Gasteiger partial charge in [-0.3, -0.25) is 0 Å². The molecule has 0 atom stereocenters. The van der Waals surface area contributed by atoms with Crippen LogP contribution < -0.4 is 9.47 Å². The molecule has 6 nitrogen and oxygen atoms in total. The van der Waals surface area contributed by atoms with Crippen molar-refractivity contribution in [1.82, 2.24) is 9.78 Å². The van der Waals surface area contributed by atoms with Crippen LogP contribution in [0.1, 0.15) is 11.3 Å². The Labute approximate surface area is 190 Å². The first-order valence-electron chi connectivity index (χ1n) is 9.63. The van der Waals surface area contributed by atoms with Crippen molar-refractivity contribution in [3.63, 3.8) is 0 Å². The molecule has 170 valence electrons. The third-order valence-electron chi connectivity index (χ3n) is 4.73. The summed E-state index contributed by atoms with van der Waals surface area (Å²) >= 11 is 6.12. The second kappa shape index (κ2) is 9.03. The molecule has 0 aliphatic heterocycles. The van der Waals surface area contributed by atoms with E-state index in [0.29, 0.717) is 22.6 Å².